The normalized spacial score (nSPS) is 10.5. The lowest BCUT2D eigenvalue weighted by molar-refractivity contribution is 0.251. The number of benzene rings is 3. The van der Waals surface area contributed by atoms with Gasteiger partial charge in [0.2, 0.25) is 0 Å². The van der Waals surface area contributed by atoms with Crippen molar-refractivity contribution in [3.63, 3.8) is 0 Å². The topological polar surface area (TPSA) is 59.0 Å². The van der Waals surface area contributed by atoms with Crippen LogP contribution in [0.1, 0.15) is 11.1 Å². The van der Waals surface area contributed by atoms with Crippen molar-refractivity contribution in [2.75, 3.05) is 5.32 Å². The van der Waals surface area contributed by atoms with Gasteiger partial charge in [0.05, 0.1) is 11.4 Å². The van der Waals surface area contributed by atoms with E-state index in [1.807, 2.05) is 71.5 Å². The highest BCUT2D eigenvalue weighted by Gasteiger charge is 2.05. The van der Waals surface area contributed by atoms with Crippen LogP contribution in [0.15, 0.2) is 91.1 Å². The predicted molar refractivity (Wildman–Crippen MR) is 116 cm³/mol. The van der Waals surface area contributed by atoms with Crippen molar-refractivity contribution >= 4 is 11.7 Å². The van der Waals surface area contributed by atoms with E-state index < -0.39 is 0 Å². The predicted octanol–water partition coefficient (Wildman–Crippen LogP) is 5.17. The van der Waals surface area contributed by atoms with E-state index in [-0.39, 0.29) is 6.03 Å². The molecular weight excluding hydrogens is 360 g/mol. The minimum atomic E-state index is -0.234. The number of nitrogens with one attached hydrogen (secondary N) is 2. The number of aryl methyl sites for hydroxylation is 1. The lowest BCUT2D eigenvalue weighted by Crippen LogP contribution is -2.28. The summed E-state index contributed by atoms with van der Waals surface area (Å²) in [6, 6.07) is 27.5. The molecule has 1 aromatic heterocycles. The molecule has 0 radical (unpaired) electrons. The molecule has 0 bridgehead atoms. The summed E-state index contributed by atoms with van der Waals surface area (Å²) >= 11 is 0. The second-order valence-electron chi connectivity index (χ2n) is 6.85. The van der Waals surface area contributed by atoms with Gasteiger partial charge in [-0.05, 0) is 42.8 Å². The van der Waals surface area contributed by atoms with Crippen LogP contribution in [0.2, 0.25) is 0 Å². The maximum atomic E-state index is 12.1. The van der Waals surface area contributed by atoms with Crippen molar-refractivity contribution in [3.05, 3.63) is 102 Å². The minimum absolute atomic E-state index is 0.234. The van der Waals surface area contributed by atoms with Gasteiger partial charge in [-0.1, -0.05) is 60.2 Å². The maximum absolute atomic E-state index is 12.1. The fraction of sp³-hybridized carbons (Fsp3) is 0.0833. The van der Waals surface area contributed by atoms with Crippen LogP contribution in [0.3, 0.4) is 0 Å². The largest absolute Gasteiger partial charge is 0.334 e. The van der Waals surface area contributed by atoms with Gasteiger partial charge in [0.15, 0.2) is 0 Å². The van der Waals surface area contributed by atoms with Crippen molar-refractivity contribution in [1.29, 1.82) is 0 Å². The van der Waals surface area contributed by atoms with Gasteiger partial charge in [0.1, 0.15) is 0 Å². The molecule has 1 heterocycles. The van der Waals surface area contributed by atoms with Gasteiger partial charge in [-0.3, -0.25) is 0 Å². The summed E-state index contributed by atoms with van der Waals surface area (Å²) in [4.78, 5) is 12.1. The van der Waals surface area contributed by atoms with E-state index >= 15 is 0 Å². The summed E-state index contributed by atoms with van der Waals surface area (Å²) in [5.41, 5.74) is 5.95. The Bertz CT molecular complexity index is 1080. The Morgan fingerprint density at radius 2 is 1.62 bits per heavy atom. The van der Waals surface area contributed by atoms with Crippen LogP contribution in [0.5, 0.6) is 0 Å². The van der Waals surface area contributed by atoms with Crippen LogP contribution in [0.4, 0.5) is 10.5 Å². The third-order valence-electron chi connectivity index (χ3n) is 4.62. The molecular formula is C24H22N4O. The quantitative estimate of drug-likeness (QED) is 0.500. The van der Waals surface area contributed by atoms with Gasteiger partial charge in [0, 0.05) is 24.0 Å². The van der Waals surface area contributed by atoms with E-state index in [0.717, 1.165) is 28.2 Å². The number of nitrogens with zero attached hydrogens (tertiary/aromatic N) is 2. The summed E-state index contributed by atoms with van der Waals surface area (Å²) in [6.07, 6.45) is 1.93. The molecule has 4 rings (SSSR count). The van der Waals surface area contributed by atoms with E-state index in [9.17, 15) is 4.79 Å². The van der Waals surface area contributed by atoms with E-state index in [0.29, 0.717) is 6.54 Å². The molecule has 3 aromatic carbocycles. The summed E-state index contributed by atoms with van der Waals surface area (Å²) < 4.78 is 1.83. The van der Waals surface area contributed by atoms with Gasteiger partial charge in [-0.2, -0.15) is 5.10 Å². The average molecular weight is 382 g/mol. The molecule has 2 amide bonds. The van der Waals surface area contributed by atoms with Crippen LogP contribution < -0.4 is 10.6 Å². The Labute approximate surface area is 170 Å². The molecule has 5 heteroatoms. The first kappa shape index (κ1) is 18.5. The van der Waals surface area contributed by atoms with Gasteiger partial charge in [-0.15, -0.1) is 0 Å². The average Bonchev–Trinajstić information content (AvgIpc) is 3.24. The summed E-state index contributed by atoms with van der Waals surface area (Å²) in [5, 5.41) is 10.4. The number of amides is 2. The van der Waals surface area contributed by atoms with E-state index in [1.165, 1.54) is 5.56 Å². The van der Waals surface area contributed by atoms with Crippen LogP contribution >= 0.6 is 0 Å². The van der Waals surface area contributed by atoms with Crippen LogP contribution in [0.25, 0.3) is 16.9 Å². The number of hydrogen-bond acceptors (Lipinski definition) is 2. The third-order valence-corrected chi connectivity index (χ3v) is 4.62. The van der Waals surface area contributed by atoms with Crippen molar-refractivity contribution in [1.82, 2.24) is 15.1 Å². The van der Waals surface area contributed by atoms with Gasteiger partial charge >= 0.3 is 6.03 Å². The number of hydrogen-bond donors (Lipinski definition) is 2. The molecule has 5 nitrogen and oxygen atoms in total. The van der Waals surface area contributed by atoms with Crippen molar-refractivity contribution in [2.24, 2.45) is 0 Å². The van der Waals surface area contributed by atoms with Gasteiger partial charge in [0.25, 0.3) is 0 Å². The molecule has 2 N–H and O–H groups in total. The molecule has 4 aromatic rings. The van der Waals surface area contributed by atoms with E-state index in [4.69, 9.17) is 0 Å². The molecule has 0 fully saturated rings. The zero-order valence-electron chi connectivity index (χ0n) is 16.2. The highest BCUT2D eigenvalue weighted by Crippen LogP contribution is 2.20. The number of rotatable bonds is 5. The number of anilines is 1. The summed E-state index contributed by atoms with van der Waals surface area (Å²) in [7, 11) is 0. The first-order chi connectivity index (χ1) is 14.2. The zero-order chi connectivity index (χ0) is 20.1. The Hall–Kier alpha value is -3.86. The molecule has 0 saturated carbocycles. The highest BCUT2D eigenvalue weighted by molar-refractivity contribution is 5.89. The van der Waals surface area contributed by atoms with Crippen molar-refractivity contribution in [3.8, 4) is 16.9 Å². The molecule has 0 unspecified atom stereocenters. The number of aromatic nitrogens is 2. The van der Waals surface area contributed by atoms with E-state index in [2.05, 4.69) is 46.9 Å². The molecule has 0 spiro atoms. The summed E-state index contributed by atoms with van der Waals surface area (Å²) in [5.74, 6) is 0. The second kappa shape index (κ2) is 8.44. The minimum Gasteiger partial charge on any atom is -0.334 e. The van der Waals surface area contributed by atoms with Gasteiger partial charge < -0.3 is 10.6 Å². The molecule has 0 aliphatic heterocycles. The van der Waals surface area contributed by atoms with Crippen molar-refractivity contribution < 1.29 is 4.79 Å². The van der Waals surface area contributed by atoms with E-state index in [1.54, 1.807) is 0 Å². The fourth-order valence-corrected chi connectivity index (χ4v) is 3.00. The Morgan fingerprint density at radius 3 is 2.34 bits per heavy atom. The summed E-state index contributed by atoms with van der Waals surface area (Å²) in [6.45, 7) is 2.56. The molecule has 29 heavy (non-hydrogen) atoms. The standard InChI is InChI=1S/C24H22N4O/c1-18-7-9-20(10-8-18)23-15-16-28(27-23)22-13-11-21(12-14-22)26-24(29)25-17-19-5-3-2-4-6-19/h2-16H,17H2,1H3,(H2,25,26,29). The Morgan fingerprint density at radius 1 is 0.897 bits per heavy atom. The lowest BCUT2D eigenvalue weighted by atomic mass is 10.1. The Balaban J connectivity index is 1.38. The first-order valence-electron chi connectivity index (χ1n) is 9.49. The van der Waals surface area contributed by atoms with Gasteiger partial charge in [-0.25, -0.2) is 9.48 Å². The lowest BCUT2D eigenvalue weighted by Gasteiger charge is -2.09. The molecule has 0 saturated heterocycles. The first-order valence-corrected chi connectivity index (χ1v) is 9.49. The third kappa shape index (κ3) is 4.71. The smallest absolute Gasteiger partial charge is 0.319 e. The number of carbonyl (C=O) groups excluding carboxylic acids is 1. The molecule has 0 atom stereocenters. The molecule has 0 aliphatic rings. The highest BCUT2D eigenvalue weighted by atomic mass is 16.2. The SMILES string of the molecule is Cc1ccc(-c2ccn(-c3ccc(NC(=O)NCc4ccccc4)cc3)n2)cc1. The second-order valence-corrected chi connectivity index (χ2v) is 6.85. The Kier molecular flexibility index (Phi) is 5.38. The molecule has 0 aliphatic carbocycles. The van der Waals surface area contributed by atoms with Crippen LogP contribution in [-0.2, 0) is 6.54 Å². The van der Waals surface area contributed by atoms with Crippen LogP contribution in [-0.4, -0.2) is 15.8 Å². The fourth-order valence-electron chi connectivity index (χ4n) is 3.00. The monoisotopic (exact) mass is 382 g/mol. The maximum Gasteiger partial charge on any atom is 0.319 e. The van der Waals surface area contributed by atoms with Crippen LogP contribution in [0, 0.1) is 6.92 Å². The number of carbonyl (C=O) groups is 1. The van der Waals surface area contributed by atoms with Crippen molar-refractivity contribution in [2.45, 2.75) is 13.5 Å². The number of urea groups is 1. The zero-order valence-corrected chi connectivity index (χ0v) is 16.2. The molecule has 144 valence electrons.